The number of esters is 1. The van der Waals surface area contributed by atoms with Crippen LogP contribution in [0.4, 0.5) is 0 Å². The average molecular weight is 455 g/mol. The van der Waals surface area contributed by atoms with Gasteiger partial charge in [0, 0.05) is 24.6 Å². The number of oxime groups is 1. The normalized spacial score (nSPS) is 24.6. The zero-order valence-corrected chi connectivity index (χ0v) is 18.9. The fourth-order valence-electron chi connectivity index (χ4n) is 3.88. The summed E-state index contributed by atoms with van der Waals surface area (Å²) in [5, 5.41) is 24.4. The highest BCUT2D eigenvalue weighted by Gasteiger charge is 2.27. The summed E-state index contributed by atoms with van der Waals surface area (Å²) in [5.41, 5.74) is 0.745. The molecule has 1 amide bonds. The van der Waals surface area contributed by atoms with Gasteiger partial charge in [-0.15, -0.1) is 0 Å². The average Bonchev–Trinajstić information content (AvgIpc) is 3.09. The third kappa shape index (κ3) is 6.47. The van der Waals surface area contributed by atoms with E-state index < -0.39 is 5.97 Å². The van der Waals surface area contributed by atoms with Crippen LogP contribution in [0, 0.1) is 0 Å². The Morgan fingerprint density at radius 2 is 1.82 bits per heavy atom. The van der Waals surface area contributed by atoms with Gasteiger partial charge in [-0.25, -0.2) is 4.79 Å². The summed E-state index contributed by atoms with van der Waals surface area (Å²) in [5.74, 6) is -1.43. The Morgan fingerprint density at radius 3 is 2.58 bits per heavy atom. The van der Waals surface area contributed by atoms with E-state index in [-0.39, 0.29) is 54.7 Å². The summed E-state index contributed by atoms with van der Waals surface area (Å²) >= 11 is 0. The molecule has 0 spiro atoms. The van der Waals surface area contributed by atoms with Gasteiger partial charge in [-0.2, -0.15) is 0 Å². The van der Waals surface area contributed by atoms with E-state index in [0.717, 1.165) is 18.9 Å². The predicted octanol–water partition coefficient (Wildman–Crippen LogP) is 3.64. The van der Waals surface area contributed by atoms with Crippen LogP contribution in [0.15, 0.2) is 53.7 Å². The molecule has 2 atom stereocenters. The Balaban J connectivity index is 1.82. The zero-order chi connectivity index (χ0) is 23.8. The van der Waals surface area contributed by atoms with Gasteiger partial charge in [-0.1, -0.05) is 35.5 Å². The van der Waals surface area contributed by atoms with E-state index in [2.05, 4.69) is 5.16 Å². The molecule has 0 fully saturated rings. The van der Waals surface area contributed by atoms with Gasteiger partial charge >= 0.3 is 5.97 Å². The van der Waals surface area contributed by atoms with E-state index in [1.807, 2.05) is 44.2 Å². The van der Waals surface area contributed by atoms with Gasteiger partial charge in [-0.05, 0) is 50.8 Å². The minimum Gasteiger partial charge on any atom is -0.508 e. The molecule has 8 heteroatoms. The number of carbonyl (C=O) groups is 2. The lowest BCUT2D eigenvalue weighted by Crippen LogP contribution is -2.41. The van der Waals surface area contributed by atoms with Crippen LogP contribution in [0.3, 0.4) is 0 Å². The SMILES string of the molecule is CC1C=CC(C)N1C(=O)CON=C1/C=C/CC/C=C/CCOC(=O)c2c(O)cc(O)cc2C1. The highest BCUT2D eigenvalue weighted by molar-refractivity contribution is 6.00. The van der Waals surface area contributed by atoms with Gasteiger partial charge in [0.1, 0.15) is 17.1 Å². The standard InChI is InChI=1S/C25H30N2O6/c1-17-10-11-18(2)27(17)23(30)16-33-26-20-9-7-5-3-4-6-8-12-32-25(31)24-19(13-20)14-21(28)15-22(24)29/h4,6-7,9-11,14-15,17-18,28-29H,3,5,8,12-13,16H2,1-2H3/b6-4+,9-7+,26-20?. The van der Waals surface area contributed by atoms with E-state index in [1.54, 1.807) is 11.0 Å². The summed E-state index contributed by atoms with van der Waals surface area (Å²) in [6.45, 7) is 3.83. The number of ether oxygens (including phenoxy) is 1. The molecule has 3 rings (SSSR count). The molecule has 2 aliphatic heterocycles. The number of phenolic OH excluding ortho intramolecular Hbond substituents is 2. The lowest BCUT2D eigenvalue weighted by molar-refractivity contribution is -0.137. The van der Waals surface area contributed by atoms with Crippen molar-refractivity contribution in [2.45, 2.75) is 51.6 Å². The molecule has 176 valence electrons. The number of carbonyl (C=O) groups excluding carboxylic acids is 2. The summed E-state index contributed by atoms with van der Waals surface area (Å²) < 4.78 is 5.28. The molecule has 0 saturated heterocycles. The lowest BCUT2D eigenvalue weighted by atomic mass is 10.00. The number of allylic oxidation sites excluding steroid dienone is 3. The Hall–Kier alpha value is -3.55. The first kappa shape index (κ1) is 24.1. The fraction of sp³-hybridized carbons (Fsp3) is 0.400. The Kier molecular flexibility index (Phi) is 8.29. The van der Waals surface area contributed by atoms with Crippen molar-refractivity contribution in [3.8, 4) is 11.5 Å². The molecule has 2 N–H and O–H groups in total. The first-order valence-electron chi connectivity index (χ1n) is 11.1. The van der Waals surface area contributed by atoms with Crippen molar-refractivity contribution in [3.05, 3.63) is 59.7 Å². The second-order valence-corrected chi connectivity index (χ2v) is 8.07. The number of cyclic esters (lactones) is 1. The number of hydrogen-bond donors (Lipinski definition) is 2. The van der Waals surface area contributed by atoms with Crippen LogP contribution in [0.2, 0.25) is 0 Å². The third-order valence-corrected chi connectivity index (χ3v) is 5.46. The van der Waals surface area contributed by atoms with E-state index in [0.29, 0.717) is 17.7 Å². The minimum atomic E-state index is -0.683. The number of rotatable bonds is 3. The highest BCUT2D eigenvalue weighted by atomic mass is 16.6. The van der Waals surface area contributed by atoms with E-state index in [4.69, 9.17) is 9.57 Å². The van der Waals surface area contributed by atoms with Gasteiger partial charge in [0.15, 0.2) is 6.61 Å². The number of nitrogens with zero attached hydrogens (tertiary/aromatic N) is 2. The van der Waals surface area contributed by atoms with E-state index in [9.17, 15) is 19.8 Å². The Labute approximate surface area is 193 Å². The maximum Gasteiger partial charge on any atom is 0.342 e. The Morgan fingerprint density at radius 1 is 1.12 bits per heavy atom. The summed E-state index contributed by atoms with van der Waals surface area (Å²) in [6, 6.07) is 2.47. The number of fused-ring (bicyclic) bond motifs is 1. The van der Waals surface area contributed by atoms with Crippen molar-refractivity contribution in [3.63, 3.8) is 0 Å². The van der Waals surface area contributed by atoms with Crippen LogP contribution < -0.4 is 0 Å². The number of benzene rings is 1. The largest absolute Gasteiger partial charge is 0.508 e. The maximum atomic E-state index is 12.6. The molecule has 0 radical (unpaired) electrons. The number of amides is 1. The van der Waals surface area contributed by atoms with Crippen LogP contribution in [0.1, 0.15) is 49.0 Å². The first-order valence-corrected chi connectivity index (χ1v) is 11.1. The summed E-state index contributed by atoms with van der Waals surface area (Å²) in [4.78, 5) is 32.2. The van der Waals surface area contributed by atoms with E-state index in [1.165, 1.54) is 6.07 Å². The molecule has 33 heavy (non-hydrogen) atoms. The quantitative estimate of drug-likeness (QED) is 0.410. The minimum absolute atomic E-state index is 0.00472. The van der Waals surface area contributed by atoms with Crippen LogP contribution in [-0.2, 0) is 20.8 Å². The van der Waals surface area contributed by atoms with Crippen molar-refractivity contribution < 1.29 is 29.4 Å². The van der Waals surface area contributed by atoms with Gasteiger partial charge in [0.2, 0.25) is 0 Å². The highest BCUT2D eigenvalue weighted by Crippen LogP contribution is 2.29. The van der Waals surface area contributed by atoms with E-state index >= 15 is 0 Å². The molecule has 8 nitrogen and oxygen atoms in total. The smallest absolute Gasteiger partial charge is 0.342 e. The molecule has 2 aliphatic rings. The van der Waals surface area contributed by atoms with Crippen LogP contribution >= 0.6 is 0 Å². The van der Waals surface area contributed by atoms with Crippen LogP contribution in [-0.4, -0.2) is 58.0 Å². The topological polar surface area (TPSA) is 109 Å². The second-order valence-electron chi connectivity index (χ2n) is 8.07. The fourth-order valence-corrected chi connectivity index (χ4v) is 3.88. The molecule has 0 bridgehead atoms. The molecule has 0 aliphatic carbocycles. The lowest BCUT2D eigenvalue weighted by Gasteiger charge is -2.25. The third-order valence-electron chi connectivity index (χ3n) is 5.46. The maximum absolute atomic E-state index is 12.6. The molecule has 1 aromatic rings. The van der Waals surface area contributed by atoms with Gasteiger partial charge in [-0.3, -0.25) is 4.79 Å². The van der Waals surface area contributed by atoms with Crippen LogP contribution in [0.25, 0.3) is 0 Å². The zero-order valence-electron chi connectivity index (χ0n) is 18.9. The summed E-state index contributed by atoms with van der Waals surface area (Å²) in [7, 11) is 0. The number of hydrogen-bond acceptors (Lipinski definition) is 7. The molecule has 2 heterocycles. The molecule has 2 unspecified atom stereocenters. The first-order chi connectivity index (χ1) is 15.9. The summed E-state index contributed by atoms with van der Waals surface area (Å²) in [6.07, 6.45) is 13.8. The van der Waals surface area contributed by atoms with Crippen molar-refractivity contribution in [1.29, 1.82) is 0 Å². The van der Waals surface area contributed by atoms with Crippen molar-refractivity contribution in [2.24, 2.45) is 5.16 Å². The molecule has 0 aromatic heterocycles. The van der Waals surface area contributed by atoms with Gasteiger partial charge in [0.05, 0.1) is 12.3 Å². The van der Waals surface area contributed by atoms with Crippen molar-refractivity contribution >= 4 is 17.6 Å². The van der Waals surface area contributed by atoms with Crippen molar-refractivity contribution in [1.82, 2.24) is 4.90 Å². The Bertz CT molecular complexity index is 983. The van der Waals surface area contributed by atoms with Crippen LogP contribution in [0.5, 0.6) is 11.5 Å². The second kappa shape index (κ2) is 11.4. The van der Waals surface area contributed by atoms with Crippen molar-refractivity contribution in [2.75, 3.05) is 13.2 Å². The number of aromatic hydroxyl groups is 2. The molecular formula is C25H30N2O6. The van der Waals surface area contributed by atoms with Gasteiger partial charge in [0.25, 0.3) is 5.91 Å². The number of phenols is 2. The molecule has 0 saturated carbocycles. The molecule has 1 aromatic carbocycles. The predicted molar refractivity (Wildman–Crippen MR) is 124 cm³/mol. The van der Waals surface area contributed by atoms with Gasteiger partial charge < -0.3 is 24.7 Å². The monoisotopic (exact) mass is 454 g/mol. The molecular weight excluding hydrogens is 424 g/mol.